The van der Waals surface area contributed by atoms with E-state index in [0.29, 0.717) is 34.4 Å². The summed E-state index contributed by atoms with van der Waals surface area (Å²) in [6, 6.07) is 23.6. The molecule has 0 fully saturated rings. The van der Waals surface area contributed by atoms with Crippen LogP contribution in [0.3, 0.4) is 0 Å². The molecule has 2 aromatic heterocycles. The van der Waals surface area contributed by atoms with Crippen LogP contribution in [0, 0.1) is 13.8 Å². The zero-order chi connectivity index (χ0) is 23.7. The summed E-state index contributed by atoms with van der Waals surface area (Å²) >= 11 is 1.44. The van der Waals surface area contributed by atoms with Gasteiger partial charge in [-0.2, -0.15) is 0 Å². The van der Waals surface area contributed by atoms with Crippen molar-refractivity contribution in [3.8, 4) is 11.5 Å². The summed E-state index contributed by atoms with van der Waals surface area (Å²) in [7, 11) is 0. The Morgan fingerprint density at radius 3 is 2.53 bits per heavy atom. The fourth-order valence-electron chi connectivity index (χ4n) is 3.76. The molecule has 5 aromatic rings. The van der Waals surface area contributed by atoms with Gasteiger partial charge in [-0.1, -0.05) is 71.4 Å². The molecule has 0 saturated heterocycles. The molecule has 0 aliphatic carbocycles. The zero-order valence-electron chi connectivity index (χ0n) is 19.2. The highest BCUT2D eigenvalue weighted by molar-refractivity contribution is 7.99. The lowest BCUT2D eigenvalue weighted by Crippen LogP contribution is -2.24. The maximum atomic E-state index is 13.4. The average Bonchev–Trinajstić information content (AvgIpc) is 3.33. The maximum absolute atomic E-state index is 13.4. The normalized spacial score (nSPS) is 12.2. The highest BCUT2D eigenvalue weighted by atomic mass is 32.2. The van der Waals surface area contributed by atoms with Gasteiger partial charge in [0.2, 0.25) is 11.8 Å². The van der Waals surface area contributed by atoms with Crippen molar-refractivity contribution in [2.75, 3.05) is 0 Å². The number of aromatic nitrogens is 4. The Morgan fingerprint density at radius 2 is 1.74 bits per heavy atom. The van der Waals surface area contributed by atoms with E-state index >= 15 is 0 Å². The number of hydrogen-bond acceptors (Lipinski definition) is 6. The van der Waals surface area contributed by atoms with Crippen LogP contribution in [0.1, 0.15) is 34.8 Å². The van der Waals surface area contributed by atoms with Gasteiger partial charge in [0.1, 0.15) is 0 Å². The first-order valence-corrected chi connectivity index (χ1v) is 12.0. The molecule has 0 amide bonds. The van der Waals surface area contributed by atoms with Crippen molar-refractivity contribution in [3.05, 3.63) is 106 Å². The fourth-order valence-corrected chi connectivity index (χ4v) is 4.69. The van der Waals surface area contributed by atoms with Crippen LogP contribution in [0.5, 0.6) is 0 Å². The van der Waals surface area contributed by atoms with Gasteiger partial charge in [-0.3, -0.25) is 9.36 Å². The Hall–Kier alpha value is -3.71. The Labute approximate surface area is 201 Å². The SMILES string of the molecule is Cc1ccc(Cn2c(SC(C)c3nnc(-c4cccc(C)c4)o3)nc3ccccc3c2=O)cc1. The zero-order valence-corrected chi connectivity index (χ0v) is 20.0. The predicted octanol–water partition coefficient (Wildman–Crippen LogP) is 5.96. The summed E-state index contributed by atoms with van der Waals surface area (Å²) in [6.45, 7) is 6.49. The standard InChI is InChI=1S/C27H24N4O2S/c1-17-11-13-20(14-12-17)16-31-26(32)22-9-4-5-10-23(22)28-27(31)34-19(3)24-29-30-25(33-24)21-8-6-7-18(2)15-21/h4-15,19H,16H2,1-3H3. The first-order chi connectivity index (χ1) is 16.5. The second-order valence-electron chi connectivity index (χ2n) is 8.36. The minimum absolute atomic E-state index is 0.0631. The van der Waals surface area contributed by atoms with Crippen molar-refractivity contribution >= 4 is 22.7 Å². The number of fused-ring (bicyclic) bond motifs is 1. The molecule has 6 nitrogen and oxygen atoms in total. The molecule has 7 heteroatoms. The van der Waals surface area contributed by atoms with Gasteiger partial charge in [0.05, 0.1) is 22.7 Å². The quantitative estimate of drug-likeness (QED) is 0.226. The van der Waals surface area contributed by atoms with E-state index in [9.17, 15) is 4.79 Å². The van der Waals surface area contributed by atoms with Gasteiger partial charge in [-0.05, 0) is 50.6 Å². The van der Waals surface area contributed by atoms with Crippen LogP contribution in [-0.2, 0) is 6.54 Å². The lowest BCUT2D eigenvalue weighted by Gasteiger charge is -2.15. The Balaban J connectivity index is 1.50. The molecule has 0 aliphatic heterocycles. The molecule has 3 aromatic carbocycles. The van der Waals surface area contributed by atoms with Crippen LogP contribution in [-0.4, -0.2) is 19.7 Å². The summed E-state index contributed by atoms with van der Waals surface area (Å²) < 4.78 is 7.72. The van der Waals surface area contributed by atoms with Crippen LogP contribution in [0.4, 0.5) is 0 Å². The molecule has 1 unspecified atom stereocenters. The van der Waals surface area contributed by atoms with Gasteiger partial charge in [-0.15, -0.1) is 10.2 Å². The highest BCUT2D eigenvalue weighted by Crippen LogP contribution is 2.34. The third-order valence-electron chi connectivity index (χ3n) is 5.62. The predicted molar refractivity (Wildman–Crippen MR) is 135 cm³/mol. The molecular weight excluding hydrogens is 444 g/mol. The van der Waals surface area contributed by atoms with Crippen LogP contribution < -0.4 is 5.56 Å². The highest BCUT2D eigenvalue weighted by Gasteiger charge is 2.20. The third-order valence-corrected chi connectivity index (χ3v) is 6.70. The molecule has 170 valence electrons. The molecule has 0 radical (unpaired) electrons. The minimum atomic E-state index is -0.191. The monoisotopic (exact) mass is 468 g/mol. The van der Waals surface area contributed by atoms with Gasteiger partial charge in [-0.25, -0.2) is 4.98 Å². The molecule has 0 aliphatic rings. The topological polar surface area (TPSA) is 73.8 Å². The van der Waals surface area contributed by atoms with E-state index in [0.717, 1.165) is 16.7 Å². The number of thioether (sulfide) groups is 1. The van der Waals surface area contributed by atoms with Gasteiger partial charge >= 0.3 is 0 Å². The Morgan fingerprint density at radius 1 is 0.941 bits per heavy atom. The number of hydrogen-bond donors (Lipinski definition) is 0. The summed E-state index contributed by atoms with van der Waals surface area (Å²) in [5, 5.41) is 9.54. The maximum Gasteiger partial charge on any atom is 0.262 e. The van der Waals surface area contributed by atoms with Crippen molar-refractivity contribution < 1.29 is 4.42 Å². The number of rotatable bonds is 6. The van der Waals surface area contributed by atoms with Crippen LogP contribution in [0.2, 0.25) is 0 Å². The lowest BCUT2D eigenvalue weighted by atomic mass is 10.1. The van der Waals surface area contributed by atoms with Gasteiger partial charge in [0.25, 0.3) is 5.56 Å². The first-order valence-electron chi connectivity index (χ1n) is 11.1. The summed E-state index contributed by atoms with van der Waals surface area (Å²) in [5.41, 5.74) is 4.84. The van der Waals surface area contributed by atoms with E-state index < -0.39 is 0 Å². The summed E-state index contributed by atoms with van der Waals surface area (Å²) in [5.74, 6) is 0.973. The first kappa shape index (κ1) is 22.1. The molecule has 0 saturated carbocycles. The molecule has 5 rings (SSSR count). The van der Waals surface area contributed by atoms with E-state index in [1.165, 1.54) is 17.3 Å². The molecule has 0 spiro atoms. The fraction of sp³-hybridized carbons (Fsp3) is 0.185. The molecular formula is C27H24N4O2S. The summed E-state index contributed by atoms with van der Waals surface area (Å²) in [4.78, 5) is 18.2. The van der Waals surface area contributed by atoms with E-state index in [1.807, 2.05) is 81.4 Å². The van der Waals surface area contributed by atoms with Gasteiger partial charge in [0.15, 0.2) is 5.16 Å². The second kappa shape index (κ2) is 9.27. The number of benzene rings is 3. The molecule has 2 heterocycles. The van der Waals surface area contributed by atoms with Crippen molar-refractivity contribution in [1.29, 1.82) is 0 Å². The second-order valence-corrected chi connectivity index (χ2v) is 9.67. The number of para-hydroxylation sites is 1. The molecule has 34 heavy (non-hydrogen) atoms. The van der Waals surface area contributed by atoms with Crippen molar-refractivity contribution in [3.63, 3.8) is 0 Å². The van der Waals surface area contributed by atoms with E-state index in [-0.39, 0.29) is 10.8 Å². The van der Waals surface area contributed by atoms with Crippen molar-refractivity contribution in [2.45, 2.75) is 37.7 Å². The number of aryl methyl sites for hydroxylation is 2. The molecule has 0 N–H and O–H groups in total. The third kappa shape index (κ3) is 4.52. The smallest absolute Gasteiger partial charge is 0.262 e. The molecule has 1 atom stereocenters. The number of nitrogens with zero attached hydrogens (tertiary/aromatic N) is 4. The van der Waals surface area contributed by atoms with Gasteiger partial charge in [0, 0.05) is 5.56 Å². The largest absolute Gasteiger partial charge is 0.419 e. The lowest BCUT2D eigenvalue weighted by molar-refractivity contribution is 0.508. The molecule has 0 bridgehead atoms. The van der Waals surface area contributed by atoms with Crippen molar-refractivity contribution in [1.82, 2.24) is 19.7 Å². The van der Waals surface area contributed by atoms with E-state index in [4.69, 9.17) is 9.40 Å². The van der Waals surface area contributed by atoms with Crippen LogP contribution in [0.25, 0.3) is 22.4 Å². The van der Waals surface area contributed by atoms with Crippen molar-refractivity contribution in [2.24, 2.45) is 0 Å². The summed E-state index contributed by atoms with van der Waals surface area (Å²) in [6.07, 6.45) is 0. The van der Waals surface area contributed by atoms with Gasteiger partial charge < -0.3 is 4.42 Å². The van der Waals surface area contributed by atoms with E-state index in [1.54, 1.807) is 4.57 Å². The van der Waals surface area contributed by atoms with Crippen LogP contribution >= 0.6 is 11.8 Å². The Bertz CT molecular complexity index is 1520. The van der Waals surface area contributed by atoms with Crippen LogP contribution in [0.15, 0.2) is 87.2 Å². The van der Waals surface area contributed by atoms with E-state index in [2.05, 4.69) is 22.3 Å². The average molecular weight is 469 g/mol. The Kier molecular flexibility index (Phi) is 6.02. The minimum Gasteiger partial charge on any atom is -0.419 e.